The molecule has 5 heteroatoms. The second-order valence-electron chi connectivity index (χ2n) is 4.09. The molecule has 0 aromatic heterocycles. The van der Waals surface area contributed by atoms with Gasteiger partial charge in [-0.15, -0.1) is 0 Å². The number of hydrogen-bond donors (Lipinski definition) is 0. The fourth-order valence-electron chi connectivity index (χ4n) is 1.95. The Hall–Kier alpha value is -1.38. The number of nitrogens with zero attached hydrogens (tertiary/aromatic N) is 2. The molecule has 1 aromatic rings. The van der Waals surface area contributed by atoms with E-state index in [1.807, 2.05) is 6.07 Å². The standard InChI is InChI=1S/C12H14N2O2S/c13-8-7-11-3-5-12(6-4-11)17(15,16)14-9-1-2-10-14/h3-6H,1-2,7,9-10H2. The van der Waals surface area contributed by atoms with Crippen molar-refractivity contribution in [2.75, 3.05) is 13.1 Å². The van der Waals surface area contributed by atoms with E-state index < -0.39 is 10.0 Å². The van der Waals surface area contributed by atoms with Gasteiger partial charge in [-0.1, -0.05) is 12.1 Å². The molecule has 1 fully saturated rings. The number of benzene rings is 1. The molecule has 0 unspecified atom stereocenters. The SMILES string of the molecule is N#CCc1ccc(S(=O)(=O)N2CCCC2)cc1. The van der Waals surface area contributed by atoms with Gasteiger partial charge in [0.2, 0.25) is 10.0 Å². The molecule has 1 saturated heterocycles. The van der Waals surface area contributed by atoms with Gasteiger partial charge in [0.1, 0.15) is 0 Å². The van der Waals surface area contributed by atoms with Gasteiger partial charge in [0, 0.05) is 13.1 Å². The summed E-state index contributed by atoms with van der Waals surface area (Å²) in [6.07, 6.45) is 2.18. The van der Waals surface area contributed by atoms with Crippen molar-refractivity contribution in [1.29, 1.82) is 5.26 Å². The van der Waals surface area contributed by atoms with E-state index in [1.54, 1.807) is 24.3 Å². The van der Waals surface area contributed by atoms with Crippen molar-refractivity contribution in [2.45, 2.75) is 24.2 Å². The van der Waals surface area contributed by atoms with Crippen LogP contribution in [0, 0.1) is 11.3 Å². The van der Waals surface area contributed by atoms with Crippen LogP contribution in [-0.4, -0.2) is 25.8 Å². The minimum Gasteiger partial charge on any atom is -0.207 e. The van der Waals surface area contributed by atoms with E-state index in [2.05, 4.69) is 0 Å². The maximum atomic E-state index is 12.2. The van der Waals surface area contributed by atoms with Crippen molar-refractivity contribution < 1.29 is 8.42 Å². The fraction of sp³-hybridized carbons (Fsp3) is 0.417. The Morgan fingerprint density at radius 2 is 1.76 bits per heavy atom. The van der Waals surface area contributed by atoms with Gasteiger partial charge in [0.25, 0.3) is 0 Å². The molecule has 0 saturated carbocycles. The van der Waals surface area contributed by atoms with Crippen molar-refractivity contribution in [2.24, 2.45) is 0 Å². The van der Waals surface area contributed by atoms with Gasteiger partial charge in [0.15, 0.2) is 0 Å². The largest absolute Gasteiger partial charge is 0.243 e. The smallest absolute Gasteiger partial charge is 0.207 e. The molecule has 2 rings (SSSR count). The van der Waals surface area contributed by atoms with E-state index in [1.165, 1.54) is 4.31 Å². The van der Waals surface area contributed by atoms with Gasteiger partial charge in [-0.2, -0.15) is 9.57 Å². The second-order valence-corrected chi connectivity index (χ2v) is 6.03. The van der Waals surface area contributed by atoms with Crippen LogP contribution in [0.15, 0.2) is 29.2 Å². The predicted octanol–water partition coefficient (Wildman–Crippen LogP) is 1.54. The van der Waals surface area contributed by atoms with Gasteiger partial charge in [-0.3, -0.25) is 0 Å². The zero-order chi connectivity index (χ0) is 12.3. The third kappa shape index (κ3) is 2.48. The third-order valence-electron chi connectivity index (χ3n) is 2.91. The van der Waals surface area contributed by atoms with E-state index in [-0.39, 0.29) is 0 Å². The lowest BCUT2D eigenvalue weighted by molar-refractivity contribution is 0.477. The number of hydrogen-bond acceptors (Lipinski definition) is 3. The lowest BCUT2D eigenvalue weighted by Crippen LogP contribution is -2.27. The summed E-state index contributed by atoms with van der Waals surface area (Å²) >= 11 is 0. The molecule has 1 heterocycles. The maximum absolute atomic E-state index is 12.2. The number of rotatable bonds is 3. The summed E-state index contributed by atoms with van der Waals surface area (Å²) in [5.74, 6) is 0. The average molecular weight is 250 g/mol. The van der Waals surface area contributed by atoms with Crippen molar-refractivity contribution in [3.05, 3.63) is 29.8 Å². The molecule has 90 valence electrons. The van der Waals surface area contributed by atoms with Crippen molar-refractivity contribution in [3.63, 3.8) is 0 Å². The first kappa shape index (κ1) is 12.1. The van der Waals surface area contributed by atoms with Crippen LogP contribution in [0.4, 0.5) is 0 Å². The Balaban J connectivity index is 2.24. The summed E-state index contributed by atoms with van der Waals surface area (Å²) in [7, 11) is -3.32. The molecule has 0 amide bonds. The number of nitriles is 1. The molecule has 1 aromatic carbocycles. The summed E-state index contributed by atoms with van der Waals surface area (Å²) in [4.78, 5) is 0.320. The fourth-order valence-corrected chi connectivity index (χ4v) is 3.47. The van der Waals surface area contributed by atoms with E-state index in [0.29, 0.717) is 24.4 Å². The van der Waals surface area contributed by atoms with Crippen LogP contribution < -0.4 is 0 Å². The highest BCUT2D eigenvalue weighted by molar-refractivity contribution is 7.89. The molecular weight excluding hydrogens is 236 g/mol. The van der Waals surface area contributed by atoms with E-state index in [0.717, 1.165) is 18.4 Å². The van der Waals surface area contributed by atoms with Crippen LogP contribution in [-0.2, 0) is 16.4 Å². The molecule has 0 aliphatic carbocycles. The summed E-state index contributed by atoms with van der Waals surface area (Å²) in [6.45, 7) is 1.23. The van der Waals surface area contributed by atoms with Crippen LogP contribution in [0.2, 0.25) is 0 Å². The molecule has 1 aliphatic rings. The van der Waals surface area contributed by atoms with Gasteiger partial charge < -0.3 is 0 Å². The highest BCUT2D eigenvalue weighted by atomic mass is 32.2. The normalized spacial score (nSPS) is 16.9. The summed E-state index contributed by atoms with van der Waals surface area (Å²) < 4.78 is 25.8. The first-order chi connectivity index (χ1) is 8.14. The van der Waals surface area contributed by atoms with Crippen LogP contribution in [0.3, 0.4) is 0 Å². The molecule has 0 radical (unpaired) electrons. The topological polar surface area (TPSA) is 61.2 Å². The summed E-state index contributed by atoms with van der Waals surface area (Å²) in [5.41, 5.74) is 0.841. The molecule has 4 nitrogen and oxygen atoms in total. The number of sulfonamides is 1. The zero-order valence-electron chi connectivity index (χ0n) is 9.46. The Morgan fingerprint density at radius 3 is 2.29 bits per heavy atom. The maximum Gasteiger partial charge on any atom is 0.243 e. The quantitative estimate of drug-likeness (QED) is 0.817. The Bertz CT molecular complexity index is 523. The minimum atomic E-state index is -3.32. The van der Waals surface area contributed by atoms with E-state index in [9.17, 15) is 8.42 Å². The molecule has 1 aliphatic heterocycles. The van der Waals surface area contributed by atoms with Gasteiger partial charge in [0.05, 0.1) is 17.4 Å². The highest BCUT2D eigenvalue weighted by Crippen LogP contribution is 2.20. The summed E-state index contributed by atoms with van der Waals surface area (Å²) in [6, 6.07) is 8.61. The molecular formula is C12H14N2O2S. The molecule has 0 spiro atoms. The van der Waals surface area contributed by atoms with Crippen LogP contribution in [0.1, 0.15) is 18.4 Å². The van der Waals surface area contributed by atoms with Crippen LogP contribution in [0.25, 0.3) is 0 Å². The average Bonchev–Trinajstić information content (AvgIpc) is 2.84. The van der Waals surface area contributed by atoms with Gasteiger partial charge in [-0.25, -0.2) is 8.42 Å². The van der Waals surface area contributed by atoms with E-state index in [4.69, 9.17) is 5.26 Å². The molecule has 0 N–H and O–H groups in total. The first-order valence-corrected chi connectivity index (χ1v) is 7.04. The predicted molar refractivity (Wildman–Crippen MR) is 63.8 cm³/mol. The van der Waals surface area contributed by atoms with Crippen LogP contribution in [0.5, 0.6) is 0 Å². The summed E-state index contributed by atoms with van der Waals surface area (Å²) in [5, 5.41) is 8.54. The van der Waals surface area contributed by atoms with Crippen molar-refractivity contribution in [1.82, 2.24) is 4.31 Å². The Kier molecular flexibility index (Phi) is 3.46. The highest BCUT2D eigenvalue weighted by Gasteiger charge is 2.26. The minimum absolute atomic E-state index is 0.310. The lowest BCUT2D eigenvalue weighted by atomic mass is 10.2. The Morgan fingerprint density at radius 1 is 1.18 bits per heavy atom. The van der Waals surface area contributed by atoms with Gasteiger partial charge in [-0.05, 0) is 30.5 Å². The van der Waals surface area contributed by atoms with Gasteiger partial charge >= 0.3 is 0 Å². The van der Waals surface area contributed by atoms with E-state index >= 15 is 0 Å². The molecule has 0 atom stereocenters. The molecule has 0 bridgehead atoms. The first-order valence-electron chi connectivity index (χ1n) is 5.60. The lowest BCUT2D eigenvalue weighted by Gasteiger charge is -2.15. The van der Waals surface area contributed by atoms with Crippen molar-refractivity contribution in [3.8, 4) is 6.07 Å². The Labute approximate surface area is 102 Å². The zero-order valence-corrected chi connectivity index (χ0v) is 10.3. The second kappa shape index (κ2) is 4.86. The molecule has 17 heavy (non-hydrogen) atoms. The van der Waals surface area contributed by atoms with Crippen molar-refractivity contribution >= 4 is 10.0 Å². The third-order valence-corrected chi connectivity index (χ3v) is 4.82. The van der Waals surface area contributed by atoms with Crippen LogP contribution >= 0.6 is 0 Å². The monoisotopic (exact) mass is 250 g/mol.